The zero-order valence-electron chi connectivity index (χ0n) is 16.7. The fraction of sp³-hybridized carbons (Fsp3) is 0.115. The van der Waals surface area contributed by atoms with E-state index in [0.29, 0.717) is 12.2 Å². The van der Waals surface area contributed by atoms with Crippen LogP contribution in [0.2, 0.25) is 0 Å². The first-order valence-corrected chi connectivity index (χ1v) is 9.87. The molecule has 0 amide bonds. The Labute approximate surface area is 175 Å². The van der Waals surface area contributed by atoms with Crippen LogP contribution in [0.15, 0.2) is 95.6 Å². The Morgan fingerprint density at radius 3 is 2.30 bits per heavy atom. The van der Waals surface area contributed by atoms with Crippen molar-refractivity contribution in [2.24, 2.45) is 0 Å². The number of hydrogen-bond donors (Lipinski definition) is 0. The second-order valence-electron chi connectivity index (χ2n) is 6.74. The number of hydrogen-bond acceptors (Lipinski definition) is 4. The molecule has 4 heteroatoms. The summed E-state index contributed by atoms with van der Waals surface area (Å²) in [6, 6.07) is 27.5. The van der Waals surface area contributed by atoms with E-state index >= 15 is 0 Å². The van der Waals surface area contributed by atoms with Crippen LogP contribution < -0.4 is 4.74 Å². The summed E-state index contributed by atoms with van der Waals surface area (Å²) < 4.78 is 16.8. The van der Waals surface area contributed by atoms with Crippen molar-refractivity contribution >= 4 is 5.97 Å². The molecule has 0 N–H and O–H groups in total. The molecule has 30 heavy (non-hydrogen) atoms. The summed E-state index contributed by atoms with van der Waals surface area (Å²) in [7, 11) is 0. The summed E-state index contributed by atoms with van der Waals surface area (Å²) in [5.41, 5.74) is 4.42. The first-order chi connectivity index (χ1) is 14.8. The SMILES string of the molecule is CCOC(=O)c1occ(-c2cccc(OCc3ccccc3)c2)c1-c1ccccc1. The first kappa shape index (κ1) is 19.5. The largest absolute Gasteiger partial charge is 0.489 e. The van der Waals surface area contributed by atoms with Gasteiger partial charge in [0, 0.05) is 11.1 Å². The molecule has 0 fully saturated rings. The number of benzene rings is 3. The molecule has 0 aliphatic heterocycles. The molecule has 0 spiro atoms. The van der Waals surface area contributed by atoms with Gasteiger partial charge in [-0.05, 0) is 35.7 Å². The number of carbonyl (C=O) groups excluding carboxylic acids is 1. The Kier molecular flexibility index (Phi) is 5.95. The Balaban J connectivity index is 1.69. The molecule has 0 aliphatic rings. The lowest BCUT2D eigenvalue weighted by Crippen LogP contribution is -2.04. The predicted molar refractivity (Wildman–Crippen MR) is 116 cm³/mol. The van der Waals surface area contributed by atoms with Crippen molar-refractivity contribution in [3.63, 3.8) is 0 Å². The van der Waals surface area contributed by atoms with Crippen molar-refractivity contribution in [3.05, 3.63) is 103 Å². The molecule has 0 unspecified atom stereocenters. The van der Waals surface area contributed by atoms with E-state index in [1.165, 1.54) is 0 Å². The van der Waals surface area contributed by atoms with Crippen molar-refractivity contribution < 1.29 is 18.7 Å². The van der Waals surface area contributed by atoms with E-state index < -0.39 is 5.97 Å². The number of furan rings is 1. The van der Waals surface area contributed by atoms with Crippen LogP contribution in [0.3, 0.4) is 0 Å². The van der Waals surface area contributed by atoms with Crippen LogP contribution in [0.5, 0.6) is 5.75 Å². The lowest BCUT2D eigenvalue weighted by molar-refractivity contribution is 0.0491. The molecule has 0 radical (unpaired) electrons. The summed E-state index contributed by atoms with van der Waals surface area (Å²) in [5.74, 6) is 0.474. The number of ether oxygens (including phenoxy) is 2. The molecule has 4 nitrogen and oxygen atoms in total. The standard InChI is InChI=1S/C26H22O4/c1-2-28-26(27)25-24(20-12-7-4-8-13-20)23(18-30-25)21-14-9-15-22(16-21)29-17-19-10-5-3-6-11-19/h3-16,18H,2,17H2,1H3. The predicted octanol–water partition coefficient (Wildman–Crippen LogP) is 6.37. The maximum Gasteiger partial charge on any atom is 0.374 e. The molecule has 4 aromatic rings. The molecule has 3 aromatic carbocycles. The number of rotatable bonds is 7. The lowest BCUT2D eigenvalue weighted by atomic mass is 9.96. The monoisotopic (exact) mass is 398 g/mol. The van der Waals surface area contributed by atoms with Gasteiger partial charge in [-0.2, -0.15) is 0 Å². The van der Waals surface area contributed by atoms with Crippen molar-refractivity contribution in [1.29, 1.82) is 0 Å². The number of esters is 1. The van der Waals surface area contributed by atoms with E-state index in [1.807, 2.05) is 84.9 Å². The van der Waals surface area contributed by atoms with Crippen LogP contribution in [-0.4, -0.2) is 12.6 Å². The highest BCUT2D eigenvalue weighted by atomic mass is 16.5. The lowest BCUT2D eigenvalue weighted by Gasteiger charge is -2.10. The second-order valence-corrected chi connectivity index (χ2v) is 6.74. The van der Waals surface area contributed by atoms with Crippen molar-refractivity contribution in [1.82, 2.24) is 0 Å². The molecule has 0 saturated carbocycles. The highest BCUT2D eigenvalue weighted by Crippen LogP contribution is 2.38. The fourth-order valence-corrected chi connectivity index (χ4v) is 3.30. The molecule has 0 bridgehead atoms. The van der Waals surface area contributed by atoms with Gasteiger partial charge in [0.2, 0.25) is 5.76 Å². The van der Waals surface area contributed by atoms with Gasteiger partial charge in [-0.3, -0.25) is 0 Å². The van der Waals surface area contributed by atoms with Crippen molar-refractivity contribution in [2.45, 2.75) is 13.5 Å². The Morgan fingerprint density at radius 1 is 0.867 bits per heavy atom. The van der Waals surface area contributed by atoms with Gasteiger partial charge in [-0.25, -0.2) is 4.79 Å². The van der Waals surface area contributed by atoms with Gasteiger partial charge in [0.25, 0.3) is 0 Å². The van der Waals surface area contributed by atoms with Crippen molar-refractivity contribution in [2.75, 3.05) is 6.61 Å². The maximum absolute atomic E-state index is 12.5. The van der Waals surface area contributed by atoms with Gasteiger partial charge in [-0.1, -0.05) is 72.8 Å². The smallest absolute Gasteiger partial charge is 0.374 e. The van der Waals surface area contributed by atoms with E-state index in [1.54, 1.807) is 13.2 Å². The van der Waals surface area contributed by atoms with E-state index in [2.05, 4.69) is 0 Å². The minimum absolute atomic E-state index is 0.202. The van der Waals surface area contributed by atoms with E-state index in [4.69, 9.17) is 13.9 Å². The summed E-state index contributed by atoms with van der Waals surface area (Å²) in [6.07, 6.45) is 1.60. The van der Waals surface area contributed by atoms with E-state index in [9.17, 15) is 4.79 Å². The molecule has 1 aromatic heterocycles. The molecular weight excluding hydrogens is 376 g/mol. The minimum atomic E-state index is -0.473. The Bertz CT molecular complexity index is 1110. The average Bonchev–Trinajstić information content (AvgIpc) is 3.25. The van der Waals surface area contributed by atoms with E-state index in [-0.39, 0.29) is 12.4 Å². The third kappa shape index (κ3) is 4.28. The zero-order chi connectivity index (χ0) is 20.8. The normalized spacial score (nSPS) is 10.6. The third-order valence-corrected chi connectivity index (χ3v) is 4.71. The van der Waals surface area contributed by atoms with Gasteiger partial charge in [0.05, 0.1) is 6.61 Å². The zero-order valence-corrected chi connectivity index (χ0v) is 16.7. The van der Waals surface area contributed by atoms with Gasteiger partial charge >= 0.3 is 5.97 Å². The van der Waals surface area contributed by atoms with Crippen LogP contribution in [0.4, 0.5) is 0 Å². The molecule has 0 aliphatic carbocycles. The van der Waals surface area contributed by atoms with Gasteiger partial charge < -0.3 is 13.9 Å². The molecule has 0 saturated heterocycles. The van der Waals surface area contributed by atoms with Crippen LogP contribution in [0.25, 0.3) is 22.3 Å². The third-order valence-electron chi connectivity index (χ3n) is 4.71. The maximum atomic E-state index is 12.5. The summed E-state index contributed by atoms with van der Waals surface area (Å²) in [6.45, 7) is 2.54. The van der Waals surface area contributed by atoms with Gasteiger partial charge in [0.1, 0.15) is 18.6 Å². The fourth-order valence-electron chi connectivity index (χ4n) is 3.30. The van der Waals surface area contributed by atoms with Crippen molar-refractivity contribution in [3.8, 4) is 28.0 Å². The number of carbonyl (C=O) groups is 1. The average molecular weight is 398 g/mol. The molecule has 0 atom stereocenters. The highest BCUT2D eigenvalue weighted by Gasteiger charge is 2.23. The molecule has 1 heterocycles. The highest BCUT2D eigenvalue weighted by molar-refractivity contribution is 6.00. The van der Waals surface area contributed by atoms with Crippen LogP contribution >= 0.6 is 0 Å². The second kappa shape index (κ2) is 9.14. The van der Waals surface area contributed by atoms with Crippen LogP contribution in [-0.2, 0) is 11.3 Å². The summed E-state index contributed by atoms with van der Waals surface area (Å²) in [4.78, 5) is 12.5. The van der Waals surface area contributed by atoms with Gasteiger partial charge in [0.15, 0.2) is 0 Å². The Hall–Kier alpha value is -3.79. The van der Waals surface area contributed by atoms with E-state index in [0.717, 1.165) is 28.0 Å². The first-order valence-electron chi connectivity index (χ1n) is 9.87. The van der Waals surface area contributed by atoms with Crippen LogP contribution in [0.1, 0.15) is 23.0 Å². The molecular formula is C26H22O4. The molecule has 4 rings (SSSR count). The summed E-state index contributed by atoms with van der Waals surface area (Å²) in [5, 5.41) is 0. The topological polar surface area (TPSA) is 48.7 Å². The quantitative estimate of drug-likeness (QED) is 0.339. The molecule has 150 valence electrons. The summed E-state index contributed by atoms with van der Waals surface area (Å²) >= 11 is 0. The van der Waals surface area contributed by atoms with Crippen LogP contribution in [0, 0.1) is 0 Å². The Morgan fingerprint density at radius 2 is 1.57 bits per heavy atom. The van der Waals surface area contributed by atoms with Gasteiger partial charge in [-0.15, -0.1) is 0 Å². The minimum Gasteiger partial charge on any atom is -0.489 e.